The minimum Gasteiger partial charge on any atom is -0.497 e. The molecule has 0 aliphatic rings. The van der Waals surface area contributed by atoms with Gasteiger partial charge in [-0.1, -0.05) is 37.3 Å². The first-order chi connectivity index (χ1) is 13.7. The summed E-state index contributed by atoms with van der Waals surface area (Å²) in [5, 5.41) is 1.09. The SMILES string of the molecule is CCc1nc(CCc2nc(-c3ccccc3)cn2C)nc2cc(OC)ccc12. The second-order valence-corrected chi connectivity index (χ2v) is 6.84. The smallest absolute Gasteiger partial charge is 0.129 e. The van der Waals surface area contributed by atoms with Gasteiger partial charge in [-0.3, -0.25) is 0 Å². The van der Waals surface area contributed by atoms with Gasteiger partial charge in [0.15, 0.2) is 0 Å². The van der Waals surface area contributed by atoms with E-state index in [1.54, 1.807) is 7.11 Å². The Bertz CT molecular complexity index is 1100. The third kappa shape index (κ3) is 3.60. The van der Waals surface area contributed by atoms with Crippen molar-refractivity contribution in [1.82, 2.24) is 19.5 Å². The Morgan fingerprint density at radius 3 is 2.54 bits per heavy atom. The molecule has 0 fully saturated rings. The van der Waals surface area contributed by atoms with Crippen molar-refractivity contribution in [2.24, 2.45) is 7.05 Å². The molecule has 0 spiro atoms. The van der Waals surface area contributed by atoms with E-state index in [9.17, 15) is 0 Å². The van der Waals surface area contributed by atoms with Crippen LogP contribution in [-0.2, 0) is 26.3 Å². The van der Waals surface area contributed by atoms with Gasteiger partial charge in [-0.15, -0.1) is 0 Å². The maximum Gasteiger partial charge on any atom is 0.129 e. The number of ether oxygens (including phenoxy) is 1. The lowest BCUT2D eigenvalue weighted by atomic mass is 10.1. The zero-order valence-electron chi connectivity index (χ0n) is 16.5. The van der Waals surface area contributed by atoms with E-state index in [1.165, 1.54) is 0 Å². The monoisotopic (exact) mass is 372 g/mol. The van der Waals surface area contributed by atoms with Gasteiger partial charge in [0, 0.05) is 43.1 Å². The zero-order chi connectivity index (χ0) is 19.5. The summed E-state index contributed by atoms with van der Waals surface area (Å²) in [4.78, 5) is 14.4. The molecule has 0 radical (unpaired) electrons. The topological polar surface area (TPSA) is 52.8 Å². The first kappa shape index (κ1) is 18.2. The first-order valence-corrected chi connectivity index (χ1v) is 9.59. The van der Waals surface area contributed by atoms with E-state index in [0.29, 0.717) is 0 Å². The van der Waals surface area contributed by atoms with Gasteiger partial charge in [0.1, 0.15) is 17.4 Å². The van der Waals surface area contributed by atoms with Crippen LogP contribution < -0.4 is 4.74 Å². The van der Waals surface area contributed by atoms with Gasteiger partial charge in [-0.25, -0.2) is 15.0 Å². The molecule has 0 unspecified atom stereocenters. The van der Waals surface area contributed by atoms with Gasteiger partial charge in [-0.2, -0.15) is 0 Å². The summed E-state index contributed by atoms with van der Waals surface area (Å²) in [6, 6.07) is 16.2. The van der Waals surface area contributed by atoms with E-state index in [2.05, 4.69) is 29.8 Å². The molecule has 28 heavy (non-hydrogen) atoms. The molecule has 0 bridgehead atoms. The Hall–Kier alpha value is -3.21. The molecule has 2 heterocycles. The van der Waals surface area contributed by atoms with Crippen molar-refractivity contribution in [3.63, 3.8) is 0 Å². The molecule has 0 aliphatic heterocycles. The van der Waals surface area contributed by atoms with Gasteiger partial charge in [0.25, 0.3) is 0 Å². The van der Waals surface area contributed by atoms with Crippen molar-refractivity contribution in [3.05, 3.63) is 72.1 Å². The lowest BCUT2D eigenvalue weighted by Gasteiger charge is -2.09. The van der Waals surface area contributed by atoms with E-state index in [-0.39, 0.29) is 0 Å². The lowest BCUT2D eigenvalue weighted by Crippen LogP contribution is -2.05. The van der Waals surface area contributed by atoms with Crippen molar-refractivity contribution >= 4 is 10.9 Å². The highest BCUT2D eigenvalue weighted by Crippen LogP contribution is 2.23. The zero-order valence-corrected chi connectivity index (χ0v) is 16.5. The van der Waals surface area contributed by atoms with Gasteiger partial charge >= 0.3 is 0 Å². The van der Waals surface area contributed by atoms with Crippen LogP contribution >= 0.6 is 0 Å². The number of hydrogen-bond acceptors (Lipinski definition) is 4. The van der Waals surface area contributed by atoms with Crippen LogP contribution in [0, 0.1) is 0 Å². The predicted octanol–water partition coefficient (Wildman–Crippen LogP) is 4.39. The predicted molar refractivity (Wildman–Crippen MR) is 112 cm³/mol. The van der Waals surface area contributed by atoms with Crippen molar-refractivity contribution in [2.45, 2.75) is 26.2 Å². The summed E-state index contributed by atoms with van der Waals surface area (Å²) in [5.41, 5.74) is 4.14. The maximum atomic E-state index is 5.35. The van der Waals surface area contributed by atoms with Crippen LogP contribution in [0.15, 0.2) is 54.7 Å². The number of nitrogens with zero attached hydrogens (tertiary/aromatic N) is 4. The maximum absolute atomic E-state index is 5.35. The molecule has 4 aromatic rings. The fraction of sp³-hybridized carbons (Fsp3) is 0.261. The molecule has 4 rings (SSSR count). The molecule has 2 aromatic carbocycles. The normalized spacial score (nSPS) is 11.1. The second kappa shape index (κ2) is 7.80. The van der Waals surface area contributed by atoms with Gasteiger partial charge in [-0.05, 0) is 18.6 Å². The quantitative estimate of drug-likeness (QED) is 0.504. The fourth-order valence-corrected chi connectivity index (χ4v) is 3.44. The molecule has 2 aromatic heterocycles. The highest BCUT2D eigenvalue weighted by Gasteiger charge is 2.11. The number of fused-ring (bicyclic) bond motifs is 1. The summed E-state index contributed by atoms with van der Waals surface area (Å²) in [5.74, 6) is 2.70. The Labute approximate surface area is 165 Å². The molecule has 0 saturated heterocycles. The number of aromatic nitrogens is 4. The molecule has 0 aliphatic carbocycles. The van der Waals surface area contributed by atoms with Crippen molar-refractivity contribution in [3.8, 4) is 17.0 Å². The minimum absolute atomic E-state index is 0.749. The number of aryl methyl sites for hydroxylation is 4. The summed E-state index contributed by atoms with van der Waals surface area (Å²) in [6.45, 7) is 2.13. The van der Waals surface area contributed by atoms with Crippen LogP contribution in [0.1, 0.15) is 24.3 Å². The van der Waals surface area contributed by atoms with Crippen LogP contribution in [0.4, 0.5) is 0 Å². The average Bonchev–Trinajstić information content (AvgIpc) is 3.12. The first-order valence-electron chi connectivity index (χ1n) is 9.59. The van der Waals surface area contributed by atoms with Crippen LogP contribution in [0.5, 0.6) is 5.75 Å². The highest BCUT2D eigenvalue weighted by molar-refractivity contribution is 5.82. The third-order valence-corrected chi connectivity index (χ3v) is 4.98. The molecule has 0 saturated carbocycles. The largest absolute Gasteiger partial charge is 0.497 e. The Kier molecular flexibility index (Phi) is 5.06. The standard InChI is InChI=1S/C23H24N4O/c1-4-19-18-11-10-17(28-3)14-20(18)25-22(24-19)12-13-23-26-21(15-27(23)2)16-8-6-5-7-9-16/h5-11,14-15H,4,12-13H2,1-3H3. The van der Waals surface area contributed by atoms with Crippen LogP contribution in [0.2, 0.25) is 0 Å². The van der Waals surface area contributed by atoms with E-state index in [4.69, 9.17) is 19.7 Å². The molecule has 0 N–H and O–H groups in total. The van der Waals surface area contributed by atoms with E-state index in [0.717, 1.165) is 64.5 Å². The molecule has 0 amide bonds. The number of hydrogen-bond donors (Lipinski definition) is 0. The van der Waals surface area contributed by atoms with Crippen molar-refractivity contribution in [2.75, 3.05) is 7.11 Å². The lowest BCUT2D eigenvalue weighted by molar-refractivity contribution is 0.415. The van der Waals surface area contributed by atoms with E-state index < -0.39 is 0 Å². The Balaban J connectivity index is 1.60. The number of methoxy groups -OCH3 is 1. The van der Waals surface area contributed by atoms with Crippen molar-refractivity contribution < 1.29 is 4.74 Å². The molecule has 0 atom stereocenters. The van der Waals surface area contributed by atoms with Crippen LogP contribution in [0.3, 0.4) is 0 Å². The third-order valence-electron chi connectivity index (χ3n) is 4.98. The average molecular weight is 372 g/mol. The van der Waals surface area contributed by atoms with Crippen molar-refractivity contribution in [1.29, 1.82) is 0 Å². The molecule has 142 valence electrons. The molecular formula is C23H24N4O. The molecular weight excluding hydrogens is 348 g/mol. The van der Waals surface area contributed by atoms with Gasteiger partial charge < -0.3 is 9.30 Å². The summed E-state index contributed by atoms with van der Waals surface area (Å²) < 4.78 is 7.44. The number of benzene rings is 2. The summed E-state index contributed by atoms with van der Waals surface area (Å²) in [6.07, 6.45) is 4.49. The Morgan fingerprint density at radius 1 is 0.964 bits per heavy atom. The van der Waals surface area contributed by atoms with Crippen LogP contribution in [-0.4, -0.2) is 26.6 Å². The molecule has 5 nitrogen and oxygen atoms in total. The van der Waals surface area contributed by atoms with Gasteiger partial charge in [0.2, 0.25) is 0 Å². The van der Waals surface area contributed by atoms with Crippen LogP contribution in [0.25, 0.3) is 22.2 Å². The summed E-state index contributed by atoms with van der Waals surface area (Å²) >= 11 is 0. The summed E-state index contributed by atoms with van der Waals surface area (Å²) in [7, 11) is 3.72. The molecule has 5 heteroatoms. The van der Waals surface area contributed by atoms with E-state index >= 15 is 0 Å². The fourth-order valence-electron chi connectivity index (χ4n) is 3.44. The number of rotatable bonds is 6. The Morgan fingerprint density at radius 2 is 1.79 bits per heavy atom. The second-order valence-electron chi connectivity index (χ2n) is 6.84. The number of imidazole rings is 1. The minimum atomic E-state index is 0.749. The van der Waals surface area contributed by atoms with E-state index in [1.807, 2.05) is 43.4 Å². The van der Waals surface area contributed by atoms with Gasteiger partial charge in [0.05, 0.1) is 24.0 Å². The highest BCUT2D eigenvalue weighted by atomic mass is 16.5.